The summed E-state index contributed by atoms with van der Waals surface area (Å²) in [6.45, 7) is 7.09. The lowest BCUT2D eigenvalue weighted by molar-refractivity contribution is 0.0505. The van der Waals surface area contributed by atoms with E-state index in [-0.39, 0.29) is 5.69 Å². The lowest BCUT2D eigenvalue weighted by Gasteiger charge is -2.22. The van der Waals surface area contributed by atoms with Crippen LogP contribution in [0, 0.1) is 0 Å². The number of rotatable bonds is 3. The second-order valence-corrected chi connectivity index (χ2v) is 7.04. The summed E-state index contributed by atoms with van der Waals surface area (Å²) in [4.78, 5) is 29.6. The Bertz CT molecular complexity index is 1010. The molecule has 0 saturated heterocycles. The predicted octanol–water partition coefficient (Wildman–Crippen LogP) is 1.80. The molecular formula is C17H22N6O3. The number of aryl methyl sites for hydroxylation is 1. The topological polar surface area (TPSA) is 95.5 Å². The molecule has 26 heavy (non-hydrogen) atoms. The molecule has 1 unspecified atom stereocenters. The molecule has 1 amide bonds. The molecule has 3 aromatic heterocycles. The van der Waals surface area contributed by atoms with Crippen molar-refractivity contribution in [2.24, 2.45) is 7.05 Å². The number of carbonyl (C=O) groups excluding carboxylic acids is 1. The van der Waals surface area contributed by atoms with Crippen LogP contribution in [0.2, 0.25) is 0 Å². The number of fused-ring (bicyclic) bond motifs is 1. The molecule has 0 aliphatic rings. The maximum absolute atomic E-state index is 12.9. The number of hydrogen-bond donors (Lipinski definition) is 1. The molecule has 0 aliphatic carbocycles. The number of nitrogens with zero attached hydrogens (tertiary/aromatic N) is 5. The van der Waals surface area contributed by atoms with Crippen LogP contribution in [-0.2, 0) is 11.8 Å². The molecule has 1 atom stereocenters. The Morgan fingerprint density at radius 1 is 1.27 bits per heavy atom. The lowest BCUT2D eigenvalue weighted by Crippen LogP contribution is -2.38. The first-order chi connectivity index (χ1) is 12.2. The van der Waals surface area contributed by atoms with Crippen molar-refractivity contribution in [2.45, 2.75) is 39.3 Å². The van der Waals surface area contributed by atoms with E-state index in [1.165, 1.54) is 8.97 Å². The Hall–Kier alpha value is -3.10. The monoisotopic (exact) mass is 358 g/mol. The Kier molecular flexibility index (Phi) is 4.31. The molecule has 0 bridgehead atoms. The first kappa shape index (κ1) is 17.7. The number of alkyl carbamates (subject to hydrolysis) is 1. The average molecular weight is 358 g/mol. The van der Waals surface area contributed by atoms with Gasteiger partial charge in [0.05, 0.1) is 6.04 Å². The summed E-state index contributed by atoms with van der Waals surface area (Å²) in [5.74, 6) is 0.791. The zero-order valence-electron chi connectivity index (χ0n) is 15.4. The van der Waals surface area contributed by atoms with E-state index in [2.05, 4.69) is 15.4 Å². The smallest absolute Gasteiger partial charge is 0.408 e. The zero-order valence-corrected chi connectivity index (χ0v) is 15.4. The molecule has 9 heteroatoms. The van der Waals surface area contributed by atoms with E-state index in [4.69, 9.17) is 4.74 Å². The Balaban J connectivity index is 2.06. The van der Waals surface area contributed by atoms with Gasteiger partial charge < -0.3 is 10.1 Å². The van der Waals surface area contributed by atoms with Crippen LogP contribution in [0.3, 0.4) is 0 Å². The van der Waals surface area contributed by atoms with Crippen LogP contribution in [-0.4, -0.2) is 35.4 Å². The molecule has 1 N–H and O–H groups in total. The molecule has 3 heterocycles. The molecule has 3 aromatic rings. The highest BCUT2D eigenvalue weighted by molar-refractivity contribution is 5.68. The van der Waals surface area contributed by atoms with Crippen LogP contribution < -0.4 is 11.0 Å². The maximum Gasteiger partial charge on any atom is 0.408 e. The molecule has 0 radical (unpaired) electrons. The molecule has 0 spiro atoms. The predicted molar refractivity (Wildman–Crippen MR) is 95.3 cm³/mol. The third-order valence-corrected chi connectivity index (χ3v) is 3.63. The highest BCUT2D eigenvalue weighted by atomic mass is 16.6. The van der Waals surface area contributed by atoms with Gasteiger partial charge >= 0.3 is 11.8 Å². The van der Waals surface area contributed by atoms with Gasteiger partial charge in [0.1, 0.15) is 17.1 Å². The second-order valence-electron chi connectivity index (χ2n) is 7.04. The van der Waals surface area contributed by atoms with Gasteiger partial charge in [-0.2, -0.15) is 5.10 Å². The van der Waals surface area contributed by atoms with Gasteiger partial charge in [0, 0.05) is 25.5 Å². The number of nitrogens with one attached hydrogen (secondary N) is 1. The number of hydrogen-bond acceptors (Lipinski definition) is 5. The first-order valence-corrected chi connectivity index (χ1v) is 8.25. The highest BCUT2D eigenvalue weighted by Crippen LogP contribution is 2.15. The summed E-state index contributed by atoms with van der Waals surface area (Å²) in [6.07, 6.45) is 2.79. The summed E-state index contributed by atoms with van der Waals surface area (Å²) < 4.78 is 9.70. The normalized spacial score (nSPS) is 13.0. The van der Waals surface area contributed by atoms with Crippen molar-refractivity contribution in [2.75, 3.05) is 0 Å². The number of carbonyl (C=O) groups is 1. The fourth-order valence-corrected chi connectivity index (χ4v) is 2.57. The van der Waals surface area contributed by atoms with Gasteiger partial charge in [-0.25, -0.2) is 19.1 Å². The number of amides is 1. The van der Waals surface area contributed by atoms with E-state index >= 15 is 0 Å². The van der Waals surface area contributed by atoms with Crippen molar-refractivity contribution < 1.29 is 9.53 Å². The fourth-order valence-electron chi connectivity index (χ4n) is 2.57. The summed E-state index contributed by atoms with van der Waals surface area (Å²) in [5, 5.41) is 7.02. The number of ether oxygens (including phenoxy) is 1. The molecule has 3 rings (SSSR count). The summed E-state index contributed by atoms with van der Waals surface area (Å²) >= 11 is 0. The van der Waals surface area contributed by atoms with E-state index in [0.717, 1.165) is 0 Å². The van der Waals surface area contributed by atoms with Crippen LogP contribution in [0.15, 0.2) is 35.4 Å². The summed E-state index contributed by atoms with van der Waals surface area (Å²) in [7, 11) is 1.76. The van der Waals surface area contributed by atoms with Crippen molar-refractivity contribution in [3.8, 4) is 5.82 Å². The Labute approximate surface area is 150 Å². The van der Waals surface area contributed by atoms with Gasteiger partial charge in [0.15, 0.2) is 5.82 Å². The molecular weight excluding hydrogens is 336 g/mol. The fraction of sp³-hybridized carbons (Fsp3) is 0.412. The Morgan fingerprint density at radius 3 is 2.62 bits per heavy atom. The number of aromatic nitrogens is 5. The summed E-state index contributed by atoms with van der Waals surface area (Å²) in [6, 6.07) is 4.61. The third-order valence-electron chi connectivity index (χ3n) is 3.63. The van der Waals surface area contributed by atoms with E-state index < -0.39 is 17.7 Å². The van der Waals surface area contributed by atoms with Gasteiger partial charge in [-0.1, -0.05) is 0 Å². The quantitative estimate of drug-likeness (QED) is 0.770. The van der Waals surface area contributed by atoms with Crippen molar-refractivity contribution in [1.29, 1.82) is 0 Å². The molecule has 9 nitrogen and oxygen atoms in total. The van der Waals surface area contributed by atoms with Crippen molar-refractivity contribution in [1.82, 2.24) is 29.0 Å². The standard InChI is InChI=1S/C17H22N6O3/c1-11(18-15(24)26-17(2,3)4)14-19-12-7-6-9-22(12)16(25)23(14)13-8-10-21(5)20-13/h6-11H,1-5H3,(H,18,24). The largest absolute Gasteiger partial charge is 0.444 e. The van der Waals surface area contributed by atoms with E-state index in [1.54, 1.807) is 70.0 Å². The molecule has 0 saturated carbocycles. The first-order valence-electron chi connectivity index (χ1n) is 8.25. The highest BCUT2D eigenvalue weighted by Gasteiger charge is 2.23. The minimum absolute atomic E-state index is 0.313. The van der Waals surface area contributed by atoms with Gasteiger partial charge in [0.2, 0.25) is 0 Å². The molecule has 0 fully saturated rings. The van der Waals surface area contributed by atoms with Crippen LogP contribution in [0.25, 0.3) is 11.5 Å². The van der Waals surface area contributed by atoms with Gasteiger partial charge in [-0.15, -0.1) is 0 Å². The van der Waals surface area contributed by atoms with E-state index in [9.17, 15) is 9.59 Å². The van der Waals surface area contributed by atoms with Gasteiger partial charge in [-0.3, -0.25) is 9.08 Å². The van der Waals surface area contributed by atoms with Gasteiger partial charge in [0.25, 0.3) is 0 Å². The lowest BCUT2D eigenvalue weighted by atomic mass is 10.2. The van der Waals surface area contributed by atoms with Crippen LogP contribution >= 0.6 is 0 Å². The molecule has 138 valence electrons. The zero-order chi connectivity index (χ0) is 19.1. The molecule has 0 aliphatic heterocycles. The minimum Gasteiger partial charge on any atom is -0.444 e. The van der Waals surface area contributed by atoms with E-state index in [0.29, 0.717) is 17.3 Å². The minimum atomic E-state index is -0.622. The third kappa shape index (κ3) is 3.46. The van der Waals surface area contributed by atoms with Crippen molar-refractivity contribution in [3.63, 3.8) is 0 Å². The van der Waals surface area contributed by atoms with E-state index in [1.807, 2.05) is 0 Å². The van der Waals surface area contributed by atoms with Crippen LogP contribution in [0.5, 0.6) is 0 Å². The van der Waals surface area contributed by atoms with Crippen molar-refractivity contribution in [3.05, 3.63) is 46.9 Å². The Morgan fingerprint density at radius 2 is 2.00 bits per heavy atom. The molecule has 0 aromatic carbocycles. The van der Waals surface area contributed by atoms with Crippen LogP contribution in [0.4, 0.5) is 4.79 Å². The van der Waals surface area contributed by atoms with Crippen molar-refractivity contribution >= 4 is 11.7 Å². The average Bonchev–Trinajstić information content (AvgIpc) is 3.13. The SMILES string of the molecule is CC(NC(=O)OC(C)(C)C)c1nc2cccn2c(=O)n1-c1ccn(C)n1. The second kappa shape index (κ2) is 6.32. The maximum atomic E-state index is 12.9. The van der Waals surface area contributed by atoms with Gasteiger partial charge in [-0.05, 0) is 39.8 Å². The van der Waals surface area contributed by atoms with Crippen LogP contribution in [0.1, 0.15) is 39.6 Å². The summed E-state index contributed by atoms with van der Waals surface area (Å²) in [5.41, 5.74) is -0.440.